The summed E-state index contributed by atoms with van der Waals surface area (Å²) < 4.78 is 129. The molecule has 0 atom stereocenters. The number of rotatable bonds is 6. The molecule has 0 saturated carbocycles. The molecular weight excluding hydrogens is 467 g/mol. The summed E-state index contributed by atoms with van der Waals surface area (Å²) in [6, 6.07) is 10.4. The summed E-state index contributed by atoms with van der Waals surface area (Å²) in [5, 5.41) is 0. The minimum absolute atomic E-state index is 0.200. The van der Waals surface area contributed by atoms with Crippen LogP contribution in [0.3, 0.4) is 0 Å². The highest BCUT2D eigenvalue weighted by Gasteiger charge is 2.81. The van der Waals surface area contributed by atoms with E-state index in [4.69, 9.17) is 9.47 Å². The third-order valence-corrected chi connectivity index (χ3v) is 4.33. The maximum atomic E-state index is 14.2. The van der Waals surface area contributed by atoms with Crippen LogP contribution in [0.2, 0.25) is 0 Å². The van der Waals surface area contributed by atoms with Gasteiger partial charge in [-0.2, -0.15) is 39.5 Å². The average molecular weight is 482 g/mol. The van der Waals surface area contributed by atoms with Crippen molar-refractivity contribution in [1.29, 1.82) is 0 Å². The Hall–Kier alpha value is -3.29. The first-order valence-corrected chi connectivity index (χ1v) is 8.90. The van der Waals surface area contributed by atoms with Gasteiger partial charge in [0.2, 0.25) is 0 Å². The van der Waals surface area contributed by atoms with Crippen molar-refractivity contribution in [2.24, 2.45) is 0 Å². The maximum Gasteiger partial charge on any atom is 0.460 e. The highest BCUT2D eigenvalue weighted by Crippen LogP contribution is 2.53. The van der Waals surface area contributed by atoms with E-state index in [1.165, 1.54) is 50.6 Å². The van der Waals surface area contributed by atoms with Gasteiger partial charge in [-0.3, -0.25) is 0 Å². The van der Waals surface area contributed by atoms with Crippen LogP contribution < -0.4 is 9.47 Å². The van der Waals surface area contributed by atoms with E-state index >= 15 is 0 Å². The van der Waals surface area contributed by atoms with Crippen LogP contribution in [-0.2, 0) is 0 Å². The molecule has 0 bridgehead atoms. The lowest BCUT2D eigenvalue weighted by molar-refractivity contribution is -0.388. The fraction of sp³-hybridized carbons (Fsp3) is 0.273. The summed E-state index contributed by atoms with van der Waals surface area (Å²) in [5.41, 5.74) is -0.954. The highest BCUT2D eigenvalue weighted by molar-refractivity contribution is 5.80. The molecule has 0 aliphatic rings. The van der Waals surface area contributed by atoms with Crippen LogP contribution >= 0.6 is 0 Å². The lowest BCUT2D eigenvalue weighted by Gasteiger charge is -2.32. The zero-order valence-electron chi connectivity index (χ0n) is 16.9. The van der Waals surface area contributed by atoms with Crippen molar-refractivity contribution in [3.8, 4) is 23.3 Å². The number of hydrogen-bond donors (Lipinski definition) is 0. The largest absolute Gasteiger partial charge is 0.497 e. The van der Waals surface area contributed by atoms with Gasteiger partial charge in [-0.1, -0.05) is 24.0 Å². The Bertz CT molecular complexity index is 1040. The van der Waals surface area contributed by atoms with Crippen molar-refractivity contribution in [2.45, 2.75) is 23.9 Å². The summed E-state index contributed by atoms with van der Waals surface area (Å²) >= 11 is 0. The standard InChI is InChI=1S/C22H15F9O2/c1-32-17-9-4-14(5-10-17)3-6-16(15-7-11-18(33-2)12-8-15)13-19(23,24)20(25,26)21(27,28)22(29,30)31/h4-5,7-13H,1-2H3/b16-13-. The number of allylic oxidation sites excluding steroid dienone is 2. The summed E-state index contributed by atoms with van der Waals surface area (Å²) in [4.78, 5) is 0. The lowest BCUT2D eigenvalue weighted by Crippen LogP contribution is -2.60. The highest BCUT2D eigenvalue weighted by atomic mass is 19.4. The first kappa shape index (κ1) is 26.0. The molecule has 2 nitrogen and oxygen atoms in total. The Morgan fingerprint density at radius 3 is 1.58 bits per heavy atom. The van der Waals surface area contributed by atoms with Gasteiger partial charge in [-0.15, -0.1) is 0 Å². The molecule has 0 unspecified atom stereocenters. The maximum absolute atomic E-state index is 14.2. The van der Waals surface area contributed by atoms with Crippen molar-refractivity contribution < 1.29 is 49.0 Å². The van der Waals surface area contributed by atoms with E-state index in [1.54, 1.807) is 0 Å². The summed E-state index contributed by atoms with van der Waals surface area (Å²) in [7, 11) is 2.66. The van der Waals surface area contributed by atoms with E-state index in [-0.39, 0.29) is 16.9 Å². The van der Waals surface area contributed by atoms with Gasteiger partial charge in [-0.05, 0) is 42.0 Å². The number of benzene rings is 2. The molecule has 0 heterocycles. The van der Waals surface area contributed by atoms with E-state index in [9.17, 15) is 39.5 Å². The van der Waals surface area contributed by atoms with Crippen LogP contribution in [0.25, 0.3) is 5.57 Å². The Labute approximate surface area is 182 Å². The van der Waals surface area contributed by atoms with Crippen LogP contribution in [-0.4, -0.2) is 38.2 Å². The molecule has 0 aliphatic carbocycles. The first-order chi connectivity index (χ1) is 15.2. The predicted octanol–water partition coefficient (Wildman–Crippen LogP) is 6.61. The van der Waals surface area contributed by atoms with Crippen LogP contribution in [0.4, 0.5) is 39.5 Å². The normalized spacial score (nSPS) is 13.2. The molecule has 0 radical (unpaired) electrons. The quantitative estimate of drug-likeness (QED) is 0.341. The lowest BCUT2D eigenvalue weighted by atomic mass is 9.97. The van der Waals surface area contributed by atoms with Crippen LogP contribution in [0.5, 0.6) is 11.5 Å². The van der Waals surface area contributed by atoms with Gasteiger partial charge in [0.15, 0.2) is 0 Å². The second-order valence-electron chi connectivity index (χ2n) is 6.53. The summed E-state index contributed by atoms with van der Waals surface area (Å²) in [6.45, 7) is 0. The molecule has 0 fully saturated rings. The smallest absolute Gasteiger partial charge is 0.460 e. The van der Waals surface area contributed by atoms with E-state index < -0.39 is 35.6 Å². The number of ether oxygens (including phenoxy) is 2. The van der Waals surface area contributed by atoms with Gasteiger partial charge in [0.1, 0.15) is 11.5 Å². The molecule has 178 valence electrons. The van der Waals surface area contributed by atoms with Crippen molar-refractivity contribution in [1.82, 2.24) is 0 Å². The van der Waals surface area contributed by atoms with Crippen molar-refractivity contribution in [2.75, 3.05) is 14.2 Å². The monoisotopic (exact) mass is 482 g/mol. The van der Waals surface area contributed by atoms with Gasteiger partial charge < -0.3 is 9.47 Å². The average Bonchev–Trinajstić information content (AvgIpc) is 2.76. The minimum Gasteiger partial charge on any atom is -0.497 e. The van der Waals surface area contributed by atoms with E-state index in [0.29, 0.717) is 5.75 Å². The molecule has 33 heavy (non-hydrogen) atoms. The Kier molecular flexibility index (Phi) is 7.31. The van der Waals surface area contributed by atoms with Crippen LogP contribution in [0.15, 0.2) is 54.6 Å². The number of alkyl halides is 9. The third kappa shape index (κ3) is 5.38. The fourth-order valence-corrected chi connectivity index (χ4v) is 2.44. The van der Waals surface area contributed by atoms with Gasteiger partial charge in [0.05, 0.1) is 14.2 Å². The fourth-order valence-electron chi connectivity index (χ4n) is 2.44. The molecule has 0 saturated heterocycles. The molecule has 0 aliphatic heterocycles. The molecule has 0 amide bonds. The van der Waals surface area contributed by atoms with Gasteiger partial charge >= 0.3 is 23.9 Å². The first-order valence-electron chi connectivity index (χ1n) is 8.90. The van der Waals surface area contributed by atoms with Gasteiger partial charge in [0, 0.05) is 17.2 Å². The van der Waals surface area contributed by atoms with E-state index in [2.05, 4.69) is 11.8 Å². The number of halogens is 9. The van der Waals surface area contributed by atoms with Gasteiger partial charge in [-0.25, -0.2) is 0 Å². The second kappa shape index (κ2) is 9.29. The molecule has 0 aromatic heterocycles. The topological polar surface area (TPSA) is 18.5 Å². The van der Waals surface area contributed by atoms with Crippen LogP contribution in [0.1, 0.15) is 11.1 Å². The zero-order valence-corrected chi connectivity index (χ0v) is 16.9. The Morgan fingerprint density at radius 2 is 1.15 bits per heavy atom. The van der Waals surface area contributed by atoms with Gasteiger partial charge in [0.25, 0.3) is 0 Å². The molecule has 0 spiro atoms. The number of methoxy groups -OCH3 is 2. The molecule has 0 N–H and O–H groups in total. The molecule has 11 heteroatoms. The summed E-state index contributed by atoms with van der Waals surface area (Å²) in [6.07, 6.45) is -7.62. The molecule has 2 aromatic carbocycles. The van der Waals surface area contributed by atoms with Crippen molar-refractivity contribution in [3.05, 3.63) is 65.7 Å². The zero-order chi connectivity index (χ0) is 25.1. The number of hydrogen-bond acceptors (Lipinski definition) is 2. The third-order valence-electron chi connectivity index (χ3n) is 4.33. The SMILES string of the molecule is COc1ccc(C#C/C(=C/C(F)(F)C(F)(F)C(F)(F)C(F)(F)F)c2ccc(OC)cc2)cc1. The minimum atomic E-state index is -7.01. The van der Waals surface area contributed by atoms with E-state index in [0.717, 1.165) is 12.1 Å². The molecule has 2 aromatic rings. The molecule has 2 rings (SSSR count). The van der Waals surface area contributed by atoms with Crippen molar-refractivity contribution in [3.63, 3.8) is 0 Å². The second-order valence-corrected chi connectivity index (χ2v) is 6.53. The van der Waals surface area contributed by atoms with E-state index in [1.807, 2.05) is 0 Å². The van der Waals surface area contributed by atoms with Crippen molar-refractivity contribution >= 4 is 5.57 Å². The summed E-state index contributed by atoms with van der Waals surface area (Å²) in [5.74, 6) is -14.6. The van der Waals surface area contributed by atoms with Crippen LogP contribution in [0, 0.1) is 11.8 Å². The Morgan fingerprint density at radius 1 is 0.697 bits per heavy atom. The predicted molar refractivity (Wildman–Crippen MR) is 102 cm³/mol. The Balaban J connectivity index is 2.61. The molecular formula is C22H15F9O2.